The lowest BCUT2D eigenvalue weighted by molar-refractivity contribution is 1.04. The van der Waals surface area contributed by atoms with Crippen molar-refractivity contribution in [1.82, 2.24) is 15.0 Å². The van der Waals surface area contributed by atoms with E-state index in [4.69, 9.17) is 17.4 Å². The highest BCUT2D eigenvalue weighted by Gasteiger charge is 2.05. The Hall–Kier alpha value is -1.37. The molecule has 3 N–H and O–H groups in total. The van der Waals surface area contributed by atoms with E-state index in [-0.39, 0.29) is 0 Å². The Morgan fingerprint density at radius 2 is 2.24 bits per heavy atom. The van der Waals surface area contributed by atoms with Crippen LogP contribution in [0.15, 0.2) is 35.7 Å². The van der Waals surface area contributed by atoms with Gasteiger partial charge in [0.25, 0.3) is 0 Å². The SMILES string of the molecule is NNc1ccc(Cl)c(CSc2ccncn2)n1. The predicted molar refractivity (Wildman–Crippen MR) is 68.7 cm³/mol. The van der Waals surface area contributed by atoms with Crippen molar-refractivity contribution in [3.63, 3.8) is 0 Å². The van der Waals surface area contributed by atoms with Crippen LogP contribution in [0.25, 0.3) is 0 Å². The smallest absolute Gasteiger partial charge is 0.140 e. The van der Waals surface area contributed by atoms with E-state index in [9.17, 15) is 0 Å². The fourth-order valence-electron chi connectivity index (χ4n) is 1.17. The standard InChI is InChI=1S/C10H10ClN5S/c11-7-1-2-9(16-12)15-8(7)5-17-10-3-4-13-6-14-10/h1-4,6H,5,12H2,(H,15,16). The summed E-state index contributed by atoms with van der Waals surface area (Å²) in [4.78, 5) is 12.2. The average molecular weight is 268 g/mol. The highest BCUT2D eigenvalue weighted by atomic mass is 35.5. The molecule has 5 nitrogen and oxygen atoms in total. The minimum Gasteiger partial charge on any atom is -0.308 e. The molecule has 17 heavy (non-hydrogen) atoms. The number of hydrazine groups is 1. The van der Waals surface area contributed by atoms with Crippen molar-refractivity contribution in [3.8, 4) is 0 Å². The van der Waals surface area contributed by atoms with Gasteiger partial charge in [-0.2, -0.15) is 0 Å². The van der Waals surface area contributed by atoms with Crippen molar-refractivity contribution in [2.45, 2.75) is 10.8 Å². The number of pyridine rings is 1. The highest BCUT2D eigenvalue weighted by Crippen LogP contribution is 2.24. The van der Waals surface area contributed by atoms with Crippen LogP contribution < -0.4 is 11.3 Å². The molecule has 0 saturated heterocycles. The number of halogens is 1. The van der Waals surface area contributed by atoms with E-state index in [0.717, 1.165) is 10.7 Å². The lowest BCUT2D eigenvalue weighted by Crippen LogP contribution is -2.09. The summed E-state index contributed by atoms with van der Waals surface area (Å²) in [6, 6.07) is 5.32. The predicted octanol–water partition coefficient (Wildman–Crippen LogP) is 2.10. The van der Waals surface area contributed by atoms with Gasteiger partial charge >= 0.3 is 0 Å². The lowest BCUT2D eigenvalue weighted by atomic mass is 10.4. The van der Waals surface area contributed by atoms with E-state index >= 15 is 0 Å². The third-order valence-electron chi connectivity index (χ3n) is 1.98. The summed E-state index contributed by atoms with van der Waals surface area (Å²) in [6.07, 6.45) is 3.21. The van der Waals surface area contributed by atoms with Gasteiger partial charge < -0.3 is 5.43 Å². The van der Waals surface area contributed by atoms with E-state index in [2.05, 4.69) is 20.4 Å². The summed E-state index contributed by atoms with van der Waals surface area (Å²) in [6.45, 7) is 0. The van der Waals surface area contributed by atoms with E-state index in [1.165, 1.54) is 6.33 Å². The van der Waals surface area contributed by atoms with Crippen LogP contribution in [0, 0.1) is 0 Å². The number of nitrogens with zero attached hydrogens (tertiary/aromatic N) is 3. The molecule has 0 aromatic carbocycles. The summed E-state index contributed by atoms with van der Waals surface area (Å²) < 4.78 is 0. The van der Waals surface area contributed by atoms with Crippen molar-refractivity contribution < 1.29 is 0 Å². The Kier molecular flexibility index (Phi) is 4.13. The Labute approximate surface area is 108 Å². The zero-order chi connectivity index (χ0) is 12.1. The topological polar surface area (TPSA) is 76.7 Å². The van der Waals surface area contributed by atoms with Crippen LogP contribution in [0.5, 0.6) is 0 Å². The molecule has 0 aliphatic carbocycles. The number of rotatable bonds is 4. The third-order valence-corrected chi connectivity index (χ3v) is 3.28. The first-order valence-electron chi connectivity index (χ1n) is 4.80. The average Bonchev–Trinajstić information content (AvgIpc) is 2.39. The van der Waals surface area contributed by atoms with E-state index in [1.807, 2.05) is 6.07 Å². The molecule has 0 spiro atoms. The third kappa shape index (κ3) is 3.29. The lowest BCUT2D eigenvalue weighted by Gasteiger charge is -2.05. The maximum Gasteiger partial charge on any atom is 0.140 e. The number of anilines is 1. The van der Waals surface area contributed by atoms with Gasteiger partial charge in [0.05, 0.1) is 15.7 Å². The van der Waals surface area contributed by atoms with Crippen LogP contribution in [-0.4, -0.2) is 15.0 Å². The second-order valence-corrected chi connectivity index (χ2v) is 4.51. The van der Waals surface area contributed by atoms with Crippen LogP contribution in [0.2, 0.25) is 5.02 Å². The van der Waals surface area contributed by atoms with E-state index in [1.54, 1.807) is 30.1 Å². The molecule has 2 aromatic rings. The molecule has 0 aliphatic rings. The normalized spacial score (nSPS) is 10.2. The fraction of sp³-hybridized carbons (Fsp3) is 0.100. The number of aromatic nitrogens is 3. The van der Waals surface area contributed by atoms with Crippen molar-refractivity contribution in [2.75, 3.05) is 5.43 Å². The van der Waals surface area contributed by atoms with Gasteiger partial charge in [-0.15, -0.1) is 0 Å². The zero-order valence-corrected chi connectivity index (χ0v) is 10.4. The molecule has 0 fully saturated rings. The number of thioether (sulfide) groups is 1. The van der Waals surface area contributed by atoms with Gasteiger partial charge in [0.15, 0.2) is 0 Å². The summed E-state index contributed by atoms with van der Waals surface area (Å²) in [5.74, 6) is 6.51. The Morgan fingerprint density at radius 1 is 1.35 bits per heavy atom. The maximum absolute atomic E-state index is 6.04. The van der Waals surface area contributed by atoms with Crippen molar-refractivity contribution in [1.29, 1.82) is 0 Å². The van der Waals surface area contributed by atoms with Gasteiger partial charge in [-0.25, -0.2) is 20.8 Å². The summed E-state index contributed by atoms with van der Waals surface area (Å²) in [5.41, 5.74) is 3.26. The van der Waals surface area contributed by atoms with E-state index in [0.29, 0.717) is 16.6 Å². The fourth-order valence-corrected chi connectivity index (χ4v) is 2.21. The molecule has 88 valence electrons. The molecule has 0 amide bonds. The Bertz CT molecular complexity index is 493. The van der Waals surface area contributed by atoms with Gasteiger partial charge in [-0.3, -0.25) is 0 Å². The summed E-state index contributed by atoms with van der Waals surface area (Å²) in [5, 5.41) is 1.49. The molecule has 2 rings (SSSR count). The molecule has 0 unspecified atom stereocenters. The molecular formula is C10H10ClN5S. The number of hydrogen-bond acceptors (Lipinski definition) is 6. The first kappa shape index (κ1) is 12.1. The monoisotopic (exact) mass is 267 g/mol. The first-order chi connectivity index (χ1) is 8.29. The largest absolute Gasteiger partial charge is 0.308 e. The minimum absolute atomic E-state index is 0.590. The van der Waals surface area contributed by atoms with Crippen LogP contribution in [0.3, 0.4) is 0 Å². The molecule has 0 atom stereocenters. The maximum atomic E-state index is 6.04. The van der Waals surface area contributed by atoms with Gasteiger partial charge in [-0.05, 0) is 18.2 Å². The van der Waals surface area contributed by atoms with Crippen molar-refractivity contribution in [2.24, 2.45) is 5.84 Å². The van der Waals surface area contributed by atoms with Crippen molar-refractivity contribution >= 4 is 29.2 Å². The molecule has 7 heteroatoms. The molecule has 0 saturated carbocycles. The van der Waals surface area contributed by atoms with Gasteiger partial charge in [0.2, 0.25) is 0 Å². The molecule has 2 aromatic heterocycles. The number of nitrogen functional groups attached to an aromatic ring is 1. The van der Waals surface area contributed by atoms with E-state index < -0.39 is 0 Å². The van der Waals surface area contributed by atoms with Gasteiger partial charge in [-0.1, -0.05) is 23.4 Å². The highest BCUT2D eigenvalue weighted by molar-refractivity contribution is 7.98. The Morgan fingerprint density at radius 3 is 2.94 bits per heavy atom. The quantitative estimate of drug-likeness (QED) is 0.382. The van der Waals surface area contributed by atoms with Crippen LogP contribution in [0.4, 0.5) is 5.82 Å². The minimum atomic E-state index is 0.590. The second kappa shape index (κ2) is 5.81. The number of nitrogens with two attached hydrogens (primary N) is 1. The summed E-state index contributed by atoms with van der Waals surface area (Å²) >= 11 is 7.58. The van der Waals surface area contributed by atoms with Crippen LogP contribution >= 0.6 is 23.4 Å². The molecule has 0 radical (unpaired) electrons. The molecule has 0 aliphatic heterocycles. The zero-order valence-electron chi connectivity index (χ0n) is 8.80. The van der Waals surface area contributed by atoms with Crippen LogP contribution in [0.1, 0.15) is 5.69 Å². The second-order valence-electron chi connectivity index (χ2n) is 3.11. The van der Waals surface area contributed by atoms with Gasteiger partial charge in [0.1, 0.15) is 12.1 Å². The molecule has 2 heterocycles. The van der Waals surface area contributed by atoms with Gasteiger partial charge in [0, 0.05) is 11.9 Å². The van der Waals surface area contributed by atoms with Crippen molar-refractivity contribution in [3.05, 3.63) is 41.4 Å². The number of nitrogens with one attached hydrogen (secondary N) is 1. The van der Waals surface area contributed by atoms with Crippen LogP contribution in [-0.2, 0) is 5.75 Å². The first-order valence-corrected chi connectivity index (χ1v) is 6.17. The Balaban J connectivity index is 2.08. The molecular weight excluding hydrogens is 258 g/mol. The summed E-state index contributed by atoms with van der Waals surface area (Å²) in [7, 11) is 0. The number of hydrogen-bond donors (Lipinski definition) is 2. The molecule has 0 bridgehead atoms.